The maximum atomic E-state index is 14.6. The van der Waals surface area contributed by atoms with Gasteiger partial charge in [0, 0.05) is 29.6 Å². The minimum atomic E-state index is -1.83. The summed E-state index contributed by atoms with van der Waals surface area (Å²) in [5.74, 6) is -0.875. The van der Waals surface area contributed by atoms with Crippen LogP contribution in [0.4, 0.5) is 8.78 Å². The second-order valence-electron chi connectivity index (χ2n) is 10.5. The van der Waals surface area contributed by atoms with Crippen LogP contribution in [-0.2, 0) is 9.22 Å². The Balaban J connectivity index is 1.44. The Labute approximate surface area is 184 Å². The lowest BCUT2D eigenvalue weighted by atomic mass is 9.82. The fourth-order valence-electron chi connectivity index (χ4n) is 4.69. The van der Waals surface area contributed by atoms with Crippen LogP contribution >= 0.6 is 0 Å². The van der Waals surface area contributed by atoms with Gasteiger partial charge in [-0.1, -0.05) is 20.8 Å². The molecule has 0 amide bonds. The van der Waals surface area contributed by atoms with Gasteiger partial charge < -0.3 is 8.99 Å². The van der Waals surface area contributed by atoms with Crippen molar-refractivity contribution in [3.8, 4) is 11.3 Å². The van der Waals surface area contributed by atoms with Crippen LogP contribution in [0.25, 0.3) is 11.3 Å². The first-order chi connectivity index (χ1) is 14.5. The molecule has 1 aromatic carbocycles. The lowest BCUT2D eigenvalue weighted by Crippen LogP contribution is -2.45. The number of imidazole rings is 1. The summed E-state index contributed by atoms with van der Waals surface area (Å²) >= 11 is 0. The van der Waals surface area contributed by atoms with Crippen molar-refractivity contribution in [2.75, 3.05) is 0 Å². The van der Waals surface area contributed by atoms with Gasteiger partial charge in [0.05, 0.1) is 24.3 Å². The predicted molar refractivity (Wildman–Crippen MR) is 119 cm³/mol. The van der Waals surface area contributed by atoms with Gasteiger partial charge in [0.15, 0.2) is 8.32 Å². The molecule has 4 rings (SSSR count). The minimum absolute atomic E-state index is 0.0492. The van der Waals surface area contributed by atoms with E-state index in [9.17, 15) is 13.6 Å². The number of carbonyl (C=O) groups is 1. The second-order valence-corrected chi connectivity index (χ2v) is 15.3. The Kier molecular flexibility index (Phi) is 5.71. The predicted octanol–water partition coefficient (Wildman–Crippen LogP) is 6.27. The number of nitrogens with zero attached hydrogens (tertiary/aromatic N) is 2. The third-order valence-corrected chi connectivity index (χ3v) is 12.1. The van der Waals surface area contributed by atoms with Gasteiger partial charge in [-0.2, -0.15) is 0 Å². The average Bonchev–Trinajstić information content (AvgIpc) is 3.26. The van der Waals surface area contributed by atoms with Gasteiger partial charge in [-0.15, -0.1) is 0 Å². The normalized spacial score (nSPS) is 23.5. The van der Waals surface area contributed by atoms with E-state index in [1.54, 1.807) is 10.9 Å². The first-order valence-corrected chi connectivity index (χ1v) is 14.1. The van der Waals surface area contributed by atoms with E-state index in [-0.39, 0.29) is 40.4 Å². The van der Waals surface area contributed by atoms with Crippen molar-refractivity contribution in [1.29, 1.82) is 0 Å². The first kappa shape index (κ1) is 22.3. The van der Waals surface area contributed by atoms with E-state index in [1.165, 1.54) is 6.20 Å². The Morgan fingerprint density at radius 2 is 1.81 bits per heavy atom. The van der Waals surface area contributed by atoms with Crippen molar-refractivity contribution in [1.82, 2.24) is 9.55 Å². The quantitative estimate of drug-likeness (QED) is 0.508. The number of ketones is 1. The van der Waals surface area contributed by atoms with Crippen molar-refractivity contribution in [3.63, 3.8) is 0 Å². The third-order valence-electron chi connectivity index (χ3n) is 7.52. The Hall–Kier alpha value is -1.86. The molecule has 31 heavy (non-hydrogen) atoms. The Bertz CT molecular complexity index is 988. The van der Waals surface area contributed by atoms with E-state index >= 15 is 0 Å². The summed E-state index contributed by atoms with van der Waals surface area (Å²) in [4.78, 5) is 17.3. The molecule has 2 aliphatic rings. The standard InChI is InChI=1S/C24H32F2N2O2Si/c1-24(2,3)31(4,5)30-16-8-6-15(7-9-16)21(29)12-19-22-17(25)10-11-18(26)23(22)20-13-27-14-28(19)20/h10-11,13-16,19H,6-9,12H2,1-5H3. The van der Waals surface area contributed by atoms with Crippen molar-refractivity contribution < 1.29 is 18.0 Å². The average molecular weight is 447 g/mol. The molecule has 2 heterocycles. The largest absolute Gasteiger partial charge is 0.414 e. The molecule has 168 valence electrons. The first-order valence-electron chi connectivity index (χ1n) is 11.2. The number of halogens is 2. The Morgan fingerprint density at radius 1 is 1.16 bits per heavy atom. The Morgan fingerprint density at radius 3 is 2.45 bits per heavy atom. The van der Waals surface area contributed by atoms with Crippen LogP contribution in [0, 0.1) is 17.6 Å². The zero-order valence-corrected chi connectivity index (χ0v) is 20.0. The van der Waals surface area contributed by atoms with E-state index < -0.39 is 26.0 Å². The highest BCUT2D eigenvalue weighted by atomic mass is 28.4. The summed E-state index contributed by atoms with van der Waals surface area (Å²) < 4.78 is 37.4. The number of carbonyl (C=O) groups excluding carboxylic acids is 1. The van der Waals surface area contributed by atoms with Gasteiger partial charge in [0.1, 0.15) is 17.4 Å². The molecular weight excluding hydrogens is 414 g/mol. The van der Waals surface area contributed by atoms with Crippen molar-refractivity contribution in [2.24, 2.45) is 5.92 Å². The molecule has 0 N–H and O–H groups in total. The molecule has 7 heteroatoms. The van der Waals surface area contributed by atoms with Crippen LogP contribution in [0.3, 0.4) is 0 Å². The van der Waals surface area contributed by atoms with E-state index in [1.807, 2.05) is 0 Å². The fraction of sp³-hybridized carbons (Fsp3) is 0.583. The monoisotopic (exact) mass is 446 g/mol. The fourth-order valence-corrected chi connectivity index (χ4v) is 6.12. The molecule has 1 saturated carbocycles. The topological polar surface area (TPSA) is 44.1 Å². The number of aromatic nitrogens is 2. The number of hydrogen-bond acceptors (Lipinski definition) is 3. The number of Topliss-reactive ketones (excluding diaryl/α,β-unsaturated/α-hetero) is 1. The molecule has 1 fully saturated rings. The van der Waals surface area contributed by atoms with Gasteiger partial charge in [0.25, 0.3) is 0 Å². The SMILES string of the molecule is CC(C)(C)[Si](C)(C)OC1CCC(C(=O)CC2c3c(F)ccc(F)c3-c3cncn32)CC1. The van der Waals surface area contributed by atoms with Crippen molar-refractivity contribution in [3.05, 3.63) is 41.9 Å². The van der Waals surface area contributed by atoms with Crippen LogP contribution in [0.15, 0.2) is 24.7 Å². The maximum Gasteiger partial charge on any atom is 0.192 e. The number of hydrogen-bond donors (Lipinski definition) is 0. The maximum absolute atomic E-state index is 14.6. The number of rotatable bonds is 5. The van der Waals surface area contributed by atoms with E-state index in [0.29, 0.717) is 5.69 Å². The van der Waals surface area contributed by atoms with Gasteiger partial charge >= 0.3 is 0 Å². The van der Waals surface area contributed by atoms with E-state index in [4.69, 9.17) is 4.43 Å². The van der Waals surface area contributed by atoms with Crippen LogP contribution in [0.5, 0.6) is 0 Å². The molecule has 4 nitrogen and oxygen atoms in total. The summed E-state index contributed by atoms with van der Waals surface area (Å²) in [5, 5.41) is 0.164. The van der Waals surface area contributed by atoms with Gasteiger partial charge in [-0.05, 0) is 55.9 Å². The molecule has 1 aromatic heterocycles. The highest BCUT2D eigenvalue weighted by Crippen LogP contribution is 2.45. The third kappa shape index (κ3) is 4.02. The van der Waals surface area contributed by atoms with E-state index in [0.717, 1.165) is 37.8 Å². The molecular formula is C24H32F2N2O2Si. The van der Waals surface area contributed by atoms with Crippen molar-refractivity contribution >= 4 is 14.1 Å². The van der Waals surface area contributed by atoms with Gasteiger partial charge in [-0.25, -0.2) is 13.8 Å². The van der Waals surface area contributed by atoms with Crippen LogP contribution in [0.1, 0.15) is 64.5 Å². The molecule has 0 saturated heterocycles. The van der Waals surface area contributed by atoms with Gasteiger partial charge in [-0.3, -0.25) is 4.79 Å². The number of fused-ring (bicyclic) bond motifs is 3. The van der Waals surface area contributed by atoms with Crippen LogP contribution < -0.4 is 0 Å². The highest BCUT2D eigenvalue weighted by Gasteiger charge is 2.41. The molecule has 0 bridgehead atoms. The minimum Gasteiger partial charge on any atom is -0.414 e. The zero-order valence-electron chi connectivity index (χ0n) is 19.0. The summed E-state index contributed by atoms with van der Waals surface area (Å²) in [6, 6.07) is 1.76. The summed E-state index contributed by atoms with van der Waals surface area (Å²) in [7, 11) is -1.83. The van der Waals surface area contributed by atoms with E-state index in [2.05, 4.69) is 38.8 Å². The smallest absolute Gasteiger partial charge is 0.192 e. The molecule has 0 spiro atoms. The lowest BCUT2D eigenvalue weighted by Gasteiger charge is -2.41. The molecule has 0 radical (unpaired) electrons. The molecule has 1 aliphatic heterocycles. The summed E-state index contributed by atoms with van der Waals surface area (Å²) in [6.07, 6.45) is 6.82. The van der Waals surface area contributed by atoms with Crippen LogP contribution in [0.2, 0.25) is 18.1 Å². The molecule has 1 atom stereocenters. The van der Waals surface area contributed by atoms with Crippen molar-refractivity contribution in [2.45, 2.75) is 83.2 Å². The second kappa shape index (κ2) is 7.92. The molecule has 2 aromatic rings. The zero-order chi connectivity index (χ0) is 22.6. The summed E-state index contributed by atoms with van der Waals surface area (Å²) in [5.41, 5.74) is 1.05. The summed E-state index contributed by atoms with van der Waals surface area (Å²) in [6.45, 7) is 11.2. The number of benzene rings is 1. The molecule has 1 unspecified atom stereocenters. The highest BCUT2D eigenvalue weighted by molar-refractivity contribution is 6.74. The lowest BCUT2D eigenvalue weighted by molar-refractivity contribution is -0.124. The van der Waals surface area contributed by atoms with Crippen LogP contribution in [-0.4, -0.2) is 29.8 Å². The van der Waals surface area contributed by atoms with Gasteiger partial charge in [0.2, 0.25) is 0 Å². The molecule has 1 aliphatic carbocycles.